The zero-order valence-corrected chi connectivity index (χ0v) is 12.7. The van der Waals surface area contributed by atoms with Crippen LogP contribution in [0, 0.1) is 25.5 Å². The molecule has 0 fully saturated rings. The van der Waals surface area contributed by atoms with Crippen molar-refractivity contribution in [2.45, 2.75) is 33.9 Å². The van der Waals surface area contributed by atoms with Crippen LogP contribution in [0.4, 0.5) is 19.3 Å². The summed E-state index contributed by atoms with van der Waals surface area (Å²) in [5, 5.41) is 9.26. The quantitative estimate of drug-likeness (QED) is 0.911. The number of hydrogen-bond acceptors (Lipinski definition) is 2. The van der Waals surface area contributed by atoms with E-state index < -0.39 is 17.7 Å². The van der Waals surface area contributed by atoms with Gasteiger partial charge in [-0.1, -0.05) is 0 Å². The monoisotopic (exact) mass is 308 g/mol. The number of amides is 2. The molecule has 0 aliphatic heterocycles. The van der Waals surface area contributed by atoms with Crippen LogP contribution in [0.15, 0.2) is 18.2 Å². The minimum absolute atomic E-state index is 0.199. The molecular weight excluding hydrogens is 290 g/mol. The van der Waals surface area contributed by atoms with Crippen molar-refractivity contribution >= 4 is 11.7 Å². The Balaban J connectivity index is 2.01. The van der Waals surface area contributed by atoms with E-state index in [2.05, 4.69) is 15.7 Å². The minimum Gasteiger partial charge on any atom is -0.334 e. The van der Waals surface area contributed by atoms with Crippen molar-refractivity contribution in [3.63, 3.8) is 0 Å². The standard InChI is InChI=1S/C15H18F2N4O/c1-4-21-10(3)12(9(2)20-21)8-18-15(22)19-14-7-11(16)5-6-13(14)17/h5-7H,4,8H2,1-3H3,(H2,18,19,22). The molecule has 0 aliphatic rings. The minimum atomic E-state index is -0.692. The number of aryl methyl sites for hydroxylation is 2. The first kappa shape index (κ1) is 15.9. The number of benzene rings is 1. The van der Waals surface area contributed by atoms with E-state index in [4.69, 9.17) is 0 Å². The molecule has 2 rings (SSSR count). The fraction of sp³-hybridized carbons (Fsp3) is 0.333. The van der Waals surface area contributed by atoms with Crippen LogP contribution in [0.3, 0.4) is 0 Å². The number of halogens is 2. The van der Waals surface area contributed by atoms with Gasteiger partial charge in [0, 0.05) is 30.4 Å². The first-order chi connectivity index (χ1) is 10.4. The molecule has 1 aromatic carbocycles. The Bertz CT molecular complexity index is 697. The van der Waals surface area contributed by atoms with Gasteiger partial charge in [-0.25, -0.2) is 13.6 Å². The maximum atomic E-state index is 13.4. The third kappa shape index (κ3) is 3.41. The molecule has 0 spiro atoms. The van der Waals surface area contributed by atoms with Gasteiger partial charge in [0.1, 0.15) is 11.6 Å². The van der Waals surface area contributed by atoms with Gasteiger partial charge in [-0.05, 0) is 32.9 Å². The molecule has 0 aliphatic carbocycles. The number of hydrogen-bond donors (Lipinski definition) is 2. The van der Waals surface area contributed by atoms with E-state index in [1.165, 1.54) is 0 Å². The lowest BCUT2D eigenvalue weighted by Crippen LogP contribution is -2.29. The Morgan fingerprint density at radius 1 is 1.32 bits per heavy atom. The van der Waals surface area contributed by atoms with E-state index in [1.807, 2.05) is 25.5 Å². The van der Waals surface area contributed by atoms with Crippen LogP contribution in [-0.4, -0.2) is 15.8 Å². The van der Waals surface area contributed by atoms with E-state index in [1.54, 1.807) is 0 Å². The molecule has 5 nitrogen and oxygen atoms in total. The highest BCUT2D eigenvalue weighted by atomic mass is 19.1. The van der Waals surface area contributed by atoms with E-state index in [-0.39, 0.29) is 12.2 Å². The van der Waals surface area contributed by atoms with Gasteiger partial charge in [-0.15, -0.1) is 0 Å². The molecule has 7 heteroatoms. The molecule has 0 radical (unpaired) electrons. The van der Waals surface area contributed by atoms with Gasteiger partial charge in [0.15, 0.2) is 0 Å². The number of aromatic nitrogens is 2. The van der Waals surface area contributed by atoms with Crippen molar-refractivity contribution in [3.8, 4) is 0 Å². The van der Waals surface area contributed by atoms with Crippen molar-refractivity contribution in [1.29, 1.82) is 0 Å². The van der Waals surface area contributed by atoms with Gasteiger partial charge >= 0.3 is 6.03 Å². The summed E-state index contributed by atoms with van der Waals surface area (Å²) in [6, 6.07) is 2.28. The number of carbonyl (C=O) groups excluding carboxylic acids is 1. The lowest BCUT2D eigenvalue weighted by Gasteiger charge is -2.09. The fourth-order valence-corrected chi connectivity index (χ4v) is 2.23. The van der Waals surface area contributed by atoms with Crippen molar-refractivity contribution < 1.29 is 13.6 Å². The summed E-state index contributed by atoms with van der Waals surface area (Å²) in [4.78, 5) is 11.8. The second-order valence-corrected chi connectivity index (χ2v) is 4.90. The smallest absolute Gasteiger partial charge is 0.319 e. The summed E-state index contributed by atoms with van der Waals surface area (Å²) < 4.78 is 28.3. The number of nitrogens with zero attached hydrogens (tertiary/aromatic N) is 2. The van der Waals surface area contributed by atoms with Gasteiger partial charge in [0.05, 0.1) is 11.4 Å². The predicted molar refractivity (Wildman–Crippen MR) is 79.6 cm³/mol. The van der Waals surface area contributed by atoms with Crippen LogP contribution in [0.5, 0.6) is 0 Å². The molecule has 1 aromatic heterocycles. The largest absolute Gasteiger partial charge is 0.334 e. The summed E-state index contributed by atoms with van der Waals surface area (Å²) >= 11 is 0. The normalized spacial score (nSPS) is 10.6. The van der Waals surface area contributed by atoms with Crippen LogP contribution in [-0.2, 0) is 13.1 Å². The molecule has 2 N–H and O–H groups in total. The van der Waals surface area contributed by atoms with Gasteiger partial charge in [0.2, 0.25) is 0 Å². The predicted octanol–water partition coefficient (Wildman–Crippen LogP) is 3.12. The molecule has 1 heterocycles. The van der Waals surface area contributed by atoms with Crippen LogP contribution >= 0.6 is 0 Å². The molecule has 0 saturated heterocycles. The third-order valence-corrected chi connectivity index (χ3v) is 3.43. The second kappa shape index (κ2) is 6.55. The van der Waals surface area contributed by atoms with Gasteiger partial charge in [-0.2, -0.15) is 5.10 Å². The third-order valence-electron chi connectivity index (χ3n) is 3.43. The Hall–Kier alpha value is -2.44. The summed E-state index contributed by atoms with van der Waals surface area (Å²) in [6.45, 7) is 6.77. The van der Waals surface area contributed by atoms with Crippen LogP contribution < -0.4 is 10.6 Å². The first-order valence-corrected chi connectivity index (χ1v) is 6.95. The lowest BCUT2D eigenvalue weighted by atomic mass is 10.2. The Morgan fingerprint density at radius 3 is 2.68 bits per heavy atom. The number of nitrogens with one attached hydrogen (secondary N) is 2. The molecular formula is C15H18F2N4O. The summed E-state index contributed by atoms with van der Waals surface area (Å²) in [5.41, 5.74) is 2.51. The molecule has 0 bridgehead atoms. The van der Waals surface area contributed by atoms with E-state index >= 15 is 0 Å². The molecule has 22 heavy (non-hydrogen) atoms. The maximum Gasteiger partial charge on any atom is 0.319 e. The van der Waals surface area contributed by atoms with Gasteiger partial charge < -0.3 is 10.6 Å². The highest BCUT2D eigenvalue weighted by molar-refractivity contribution is 5.89. The molecule has 2 amide bonds. The van der Waals surface area contributed by atoms with Gasteiger partial charge in [0.25, 0.3) is 0 Å². The van der Waals surface area contributed by atoms with Crippen LogP contribution in [0.1, 0.15) is 23.9 Å². The Kier molecular flexibility index (Phi) is 4.75. The summed E-state index contributed by atoms with van der Waals surface area (Å²) in [7, 11) is 0. The van der Waals surface area contributed by atoms with Gasteiger partial charge in [-0.3, -0.25) is 4.68 Å². The molecule has 118 valence electrons. The summed E-state index contributed by atoms with van der Waals surface area (Å²) in [5.74, 6) is -1.31. The maximum absolute atomic E-state index is 13.4. The molecule has 0 unspecified atom stereocenters. The summed E-state index contributed by atoms with van der Waals surface area (Å²) in [6.07, 6.45) is 0. The highest BCUT2D eigenvalue weighted by Crippen LogP contribution is 2.16. The second-order valence-electron chi connectivity index (χ2n) is 4.90. The van der Waals surface area contributed by atoms with Crippen molar-refractivity contribution in [2.75, 3.05) is 5.32 Å². The molecule has 2 aromatic rings. The topological polar surface area (TPSA) is 59.0 Å². The first-order valence-electron chi connectivity index (χ1n) is 6.95. The Morgan fingerprint density at radius 2 is 2.05 bits per heavy atom. The molecule has 0 atom stereocenters. The zero-order chi connectivity index (χ0) is 16.3. The van der Waals surface area contributed by atoms with Crippen LogP contribution in [0.25, 0.3) is 0 Å². The van der Waals surface area contributed by atoms with E-state index in [9.17, 15) is 13.6 Å². The lowest BCUT2D eigenvalue weighted by molar-refractivity contribution is 0.251. The SMILES string of the molecule is CCn1nc(C)c(CNC(=O)Nc2cc(F)ccc2F)c1C. The number of carbonyl (C=O) groups is 1. The number of anilines is 1. The average Bonchev–Trinajstić information content (AvgIpc) is 2.75. The van der Waals surface area contributed by atoms with Crippen molar-refractivity contribution in [3.05, 3.63) is 46.8 Å². The molecule has 0 saturated carbocycles. The van der Waals surface area contributed by atoms with E-state index in [0.29, 0.717) is 0 Å². The van der Waals surface area contributed by atoms with Crippen LogP contribution in [0.2, 0.25) is 0 Å². The van der Waals surface area contributed by atoms with Crippen molar-refractivity contribution in [2.24, 2.45) is 0 Å². The average molecular weight is 308 g/mol. The zero-order valence-electron chi connectivity index (χ0n) is 12.7. The van der Waals surface area contributed by atoms with Crippen molar-refractivity contribution in [1.82, 2.24) is 15.1 Å². The van der Waals surface area contributed by atoms with E-state index in [0.717, 1.165) is 41.7 Å². The number of urea groups is 1. The fourth-order valence-electron chi connectivity index (χ4n) is 2.23. The number of rotatable bonds is 4. The highest BCUT2D eigenvalue weighted by Gasteiger charge is 2.12. The Labute approximate surface area is 127 Å².